The van der Waals surface area contributed by atoms with Crippen LogP contribution in [0.2, 0.25) is 0 Å². The van der Waals surface area contributed by atoms with E-state index in [-0.39, 0.29) is 6.04 Å². The first-order valence-corrected chi connectivity index (χ1v) is 9.31. The maximum absolute atomic E-state index is 4.75. The lowest BCUT2D eigenvalue weighted by Gasteiger charge is -2.24. The minimum Gasteiger partial charge on any atom is -0.357 e. The van der Waals surface area contributed by atoms with E-state index in [4.69, 9.17) is 4.98 Å². The lowest BCUT2D eigenvalue weighted by molar-refractivity contribution is 0.657. The molecule has 0 amide bonds. The fraction of sp³-hybridized carbons (Fsp3) is 0.318. The van der Waals surface area contributed by atoms with Gasteiger partial charge in [0.1, 0.15) is 11.6 Å². The molecule has 1 N–H and O–H groups in total. The van der Waals surface area contributed by atoms with E-state index in [9.17, 15) is 0 Å². The Morgan fingerprint density at radius 1 is 0.962 bits per heavy atom. The number of nitrogens with zero attached hydrogens (tertiary/aromatic N) is 3. The van der Waals surface area contributed by atoms with Crippen LogP contribution in [0, 0.1) is 13.8 Å². The number of fused-ring (bicyclic) bond motifs is 1. The number of pyridine rings is 1. The van der Waals surface area contributed by atoms with Gasteiger partial charge in [-0.15, -0.1) is 0 Å². The van der Waals surface area contributed by atoms with Gasteiger partial charge in [-0.2, -0.15) is 0 Å². The highest BCUT2D eigenvalue weighted by molar-refractivity contribution is 5.51. The van der Waals surface area contributed by atoms with E-state index in [0.29, 0.717) is 0 Å². The number of hydrogen-bond acceptors (Lipinski definition) is 4. The van der Waals surface area contributed by atoms with Crippen LogP contribution in [-0.4, -0.2) is 15.0 Å². The summed E-state index contributed by atoms with van der Waals surface area (Å²) in [5, 5.41) is 3.69. The molecular formula is C22H24N4. The smallest absolute Gasteiger partial charge is 0.133 e. The Labute approximate surface area is 154 Å². The molecule has 0 spiro atoms. The highest BCUT2D eigenvalue weighted by Gasteiger charge is 2.21. The fourth-order valence-corrected chi connectivity index (χ4v) is 3.70. The van der Waals surface area contributed by atoms with Crippen molar-refractivity contribution in [3.05, 3.63) is 82.6 Å². The molecule has 0 fully saturated rings. The number of aryl methyl sites for hydroxylation is 3. The molecule has 0 bridgehead atoms. The Hall–Kier alpha value is -2.75. The van der Waals surface area contributed by atoms with Gasteiger partial charge in [0.2, 0.25) is 0 Å². The van der Waals surface area contributed by atoms with E-state index in [2.05, 4.69) is 52.5 Å². The number of nitrogens with one attached hydrogen (secondary N) is 1. The van der Waals surface area contributed by atoms with Gasteiger partial charge in [-0.1, -0.05) is 35.9 Å². The summed E-state index contributed by atoms with van der Waals surface area (Å²) in [6.07, 6.45) is 6.35. The molecule has 1 atom stereocenters. The third kappa shape index (κ3) is 3.45. The topological polar surface area (TPSA) is 50.7 Å². The monoisotopic (exact) mass is 344 g/mol. The second-order valence-electron chi connectivity index (χ2n) is 7.00. The first-order valence-electron chi connectivity index (χ1n) is 9.31. The molecule has 26 heavy (non-hydrogen) atoms. The van der Waals surface area contributed by atoms with Gasteiger partial charge in [-0.05, 0) is 57.2 Å². The normalized spacial score (nSPS) is 14.5. The molecule has 4 rings (SSSR count). The number of rotatable bonds is 4. The first-order chi connectivity index (χ1) is 12.7. The lowest BCUT2D eigenvalue weighted by atomic mass is 9.95. The van der Waals surface area contributed by atoms with Crippen LogP contribution in [0.4, 0.5) is 5.82 Å². The minimum absolute atomic E-state index is 0.0311. The quantitative estimate of drug-likeness (QED) is 0.753. The van der Waals surface area contributed by atoms with Gasteiger partial charge in [-0.3, -0.25) is 4.98 Å². The molecule has 2 heterocycles. The van der Waals surface area contributed by atoms with E-state index in [1.165, 1.54) is 35.2 Å². The maximum Gasteiger partial charge on any atom is 0.133 e. The van der Waals surface area contributed by atoms with Crippen LogP contribution in [-0.2, 0) is 12.8 Å². The highest BCUT2D eigenvalue weighted by atomic mass is 15.1. The Bertz CT molecular complexity index is 905. The molecule has 0 saturated heterocycles. The van der Waals surface area contributed by atoms with Crippen LogP contribution in [0.15, 0.2) is 48.7 Å². The molecule has 0 saturated carbocycles. The molecule has 2 aromatic heterocycles. The summed E-state index contributed by atoms with van der Waals surface area (Å²) in [7, 11) is 0. The summed E-state index contributed by atoms with van der Waals surface area (Å²) in [6, 6.07) is 14.6. The van der Waals surface area contributed by atoms with Gasteiger partial charge in [0.25, 0.3) is 0 Å². The Kier molecular flexibility index (Phi) is 4.65. The van der Waals surface area contributed by atoms with Crippen LogP contribution < -0.4 is 5.32 Å². The van der Waals surface area contributed by atoms with Crippen molar-refractivity contribution in [1.29, 1.82) is 0 Å². The van der Waals surface area contributed by atoms with Gasteiger partial charge in [0, 0.05) is 17.5 Å². The van der Waals surface area contributed by atoms with Gasteiger partial charge < -0.3 is 5.32 Å². The van der Waals surface area contributed by atoms with Crippen LogP contribution in [0.1, 0.15) is 52.8 Å². The molecule has 0 aliphatic heterocycles. The summed E-state index contributed by atoms with van der Waals surface area (Å²) in [6.45, 7) is 4.10. The first kappa shape index (κ1) is 16.7. The zero-order valence-electron chi connectivity index (χ0n) is 15.4. The molecule has 1 unspecified atom stereocenters. The summed E-state index contributed by atoms with van der Waals surface area (Å²) in [4.78, 5) is 14.0. The van der Waals surface area contributed by atoms with Gasteiger partial charge in [0.15, 0.2) is 0 Å². The summed E-state index contributed by atoms with van der Waals surface area (Å²) in [5.41, 5.74) is 5.92. The second kappa shape index (κ2) is 7.24. The van der Waals surface area contributed by atoms with Crippen LogP contribution in [0.5, 0.6) is 0 Å². The molecule has 0 radical (unpaired) electrons. The zero-order chi connectivity index (χ0) is 17.9. The number of anilines is 1. The van der Waals surface area contributed by atoms with Crippen molar-refractivity contribution >= 4 is 5.82 Å². The van der Waals surface area contributed by atoms with Crippen LogP contribution in [0.25, 0.3) is 0 Å². The van der Waals surface area contributed by atoms with Crippen molar-refractivity contribution in [3.8, 4) is 0 Å². The second-order valence-corrected chi connectivity index (χ2v) is 7.00. The molecule has 4 heteroatoms. The SMILES string of the molecule is Cc1cccc(C(Nc2nc(C)nc3c2CCCC3)c2ccccn2)c1. The van der Waals surface area contributed by atoms with Crippen molar-refractivity contribution in [2.75, 3.05) is 5.32 Å². The van der Waals surface area contributed by atoms with Crippen molar-refractivity contribution in [2.24, 2.45) is 0 Å². The number of aromatic nitrogens is 3. The highest BCUT2D eigenvalue weighted by Crippen LogP contribution is 2.30. The minimum atomic E-state index is -0.0311. The number of hydrogen-bond donors (Lipinski definition) is 1. The fourth-order valence-electron chi connectivity index (χ4n) is 3.70. The van der Waals surface area contributed by atoms with Gasteiger partial charge in [0.05, 0.1) is 11.7 Å². The van der Waals surface area contributed by atoms with E-state index in [0.717, 1.165) is 30.2 Å². The lowest BCUT2D eigenvalue weighted by Crippen LogP contribution is -2.19. The largest absolute Gasteiger partial charge is 0.357 e. The molecule has 4 nitrogen and oxygen atoms in total. The third-order valence-corrected chi connectivity index (χ3v) is 4.93. The Morgan fingerprint density at radius 3 is 2.65 bits per heavy atom. The standard InChI is InChI=1S/C22H24N4/c1-15-8-7-9-17(14-15)21(20-12-5-6-13-23-20)26-22-18-10-3-4-11-19(18)24-16(2)25-22/h5-9,12-14,21H,3-4,10-11H2,1-2H3,(H,24,25,26). The Morgan fingerprint density at radius 2 is 1.85 bits per heavy atom. The molecule has 1 aliphatic carbocycles. The van der Waals surface area contributed by atoms with E-state index >= 15 is 0 Å². The summed E-state index contributed by atoms with van der Waals surface area (Å²) < 4.78 is 0. The van der Waals surface area contributed by atoms with E-state index in [1.54, 1.807) is 0 Å². The van der Waals surface area contributed by atoms with Crippen molar-refractivity contribution < 1.29 is 0 Å². The van der Waals surface area contributed by atoms with Gasteiger partial charge in [-0.25, -0.2) is 9.97 Å². The third-order valence-electron chi connectivity index (χ3n) is 4.93. The van der Waals surface area contributed by atoms with E-state index < -0.39 is 0 Å². The predicted molar refractivity (Wildman–Crippen MR) is 104 cm³/mol. The maximum atomic E-state index is 4.75. The molecule has 132 valence electrons. The summed E-state index contributed by atoms with van der Waals surface area (Å²) >= 11 is 0. The van der Waals surface area contributed by atoms with Crippen molar-refractivity contribution in [3.63, 3.8) is 0 Å². The Balaban J connectivity index is 1.78. The van der Waals surface area contributed by atoms with Crippen LogP contribution >= 0.6 is 0 Å². The number of benzene rings is 1. The predicted octanol–water partition coefficient (Wildman–Crippen LogP) is 4.57. The van der Waals surface area contributed by atoms with Gasteiger partial charge >= 0.3 is 0 Å². The summed E-state index contributed by atoms with van der Waals surface area (Å²) in [5.74, 6) is 1.79. The van der Waals surface area contributed by atoms with Crippen LogP contribution in [0.3, 0.4) is 0 Å². The molecule has 1 aromatic carbocycles. The van der Waals surface area contributed by atoms with Crippen molar-refractivity contribution in [2.45, 2.75) is 45.6 Å². The zero-order valence-corrected chi connectivity index (χ0v) is 15.4. The average molecular weight is 344 g/mol. The van der Waals surface area contributed by atoms with Crippen molar-refractivity contribution in [1.82, 2.24) is 15.0 Å². The molecule has 3 aromatic rings. The van der Waals surface area contributed by atoms with E-state index in [1.807, 2.05) is 25.3 Å². The molecular weight excluding hydrogens is 320 g/mol. The molecule has 1 aliphatic rings. The average Bonchev–Trinajstić information content (AvgIpc) is 2.66.